The monoisotopic (exact) mass is 216 g/mol. The lowest BCUT2D eigenvalue weighted by molar-refractivity contribution is 0.774. The Hall–Kier alpha value is -1.68. The standard InChI is InChI=1S/C12H16N4/c13-7-3-4-8-14-12-9-15-16-11-6-2-1-5-10(11)12/h1-2,5-6,9H,3-4,7-8,13H2,(H,14,16). The molecule has 0 aliphatic heterocycles. The minimum absolute atomic E-state index is 0.747. The summed E-state index contributed by atoms with van der Waals surface area (Å²) >= 11 is 0. The third-order valence-corrected chi connectivity index (χ3v) is 2.49. The van der Waals surface area contributed by atoms with E-state index in [2.05, 4.69) is 21.6 Å². The molecule has 0 atom stereocenters. The van der Waals surface area contributed by atoms with Crippen molar-refractivity contribution in [2.24, 2.45) is 5.73 Å². The molecular formula is C12H16N4. The number of aromatic nitrogens is 2. The number of unbranched alkanes of at least 4 members (excludes halogenated alkanes) is 1. The van der Waals surface area contributed by atoms with E-state index < -0.39 is 0 Å². The molecule has 1 heterocycles. The Morgan fingerprint density at radius 1 is 1.19 bits per heavy atom. The second kappa shape index (κ2) is 5.42. The van der Waals surface area contributed by atoms with Crippen molar-refractivity contribution in [3.8, 4) is 0 Å². The highest BCUT2D eigenvalue weighted by Crippen LogP contribution is 2.19. The summed E-state index contributed by atoms with van der Waals surface area (Å²) in [5, 5.41) is 12.5. The van der Waals surface area contributed by atoms with E-state index in [1.54, 1.807) is 6.20 Å². The predicted molar refractivity (Wildman–Crippen MR) is 66.3 cm³/mol. The van der Waals surface area contributed by atoms with Crippen molar-refractivity contribution in [3.05, 3.63) is 30.5 Å². The molecule has 84 valence electrons. The molecule has 4 nitrogen and oxygen atoms in total. The van der Waals surface area contributed by atoms with E-state index in [9.17, 15) is 0 Å². The van der Waals surface area contributed by atoms with Gasteiger partial charge in [0.1, 0.15) is 0 Å². The molecule has 0 fully saturated rings. The molecule has 1 aromatic heterocycles. The quantitative estimate of drug-likeness (QED) is 0.748. The maximum atomic E-state index is 5.45. The van der Waals surface area contributed by atoms with Crippen molar-refractivity contribution >= 4 is 16.6 Å². The fraction of sp³-hybridized carbons (Fsp3) is 0.333. The van der Waals surface area contributed by atoms with E-state index >= 15 is 0 Å². The molecule has 4 heteroatoms. The lowest BCUT2D eigenvalue weighted by atomic mass is 10.2. The van der Waals surface area contributed by atoms with E-state index in [0.29, 0.717) is 0 Å². The summed E-state index contributed by atoms with van der Waals surface area (Å²) in [6.07, 6.45) is 3.89. The molecule has 0 spiro atoms. The fourth-order valence-corrected chi connectivity index (χ4v) is 1.64. The van der Waals surface area contributed by atoms with Gasteiger partial charge in [-0.3, -0.25) is 0 Å². The number of rotatable bonds is 5. The summed E-state index contributed by atoms with van der Waals surface area (Å²) < 4.78 is 0. The number of nitrogens with two attached hydrogens (primary N) is 1. The topological polar surface area (TPSA) is 63.8 Å². The van der Waals surface area contributed by atoms with Gasteiger partial charge in [0, 0.05) is 11.9 Å². The van der Waals surface area contributed by atoms with Gasteiger partial charge < -0.3 is 11.1 Å². The number of nitrogens with zero attached hydrogens (tertiary/aromatic N) is 2. The van der Waals surface area contributed by atoms with Crippen molar-refractivity contribution in [1.29, 1.82) is 0 Å². The van der Waals surface area contributed by atoms with Gasteiger partial charge in [0.25, 0.3) is 0 Å². The number of hydrogen-bond donors (Lipinski definition) is 2. The van der Waals surface area contributed by atoms with Crippen molar-refractivity contribution in [3.63, 3.8) is 0 Å². The van der Waals surface area contributed by atoms with Crippen LogP contribution >= 0.6 is 0 Å². The highest BCUT2D eigenvalue weighted by atomic mass is 15.1. The van der Waals surface area contributed by atoms with E-state index in [1.165, 1.54) is 0 Å². The molecular weight excluding hydrogens is 200 g/mol. The molecule has 2 rings (SSSR count). The Balaban J connectivity index is 2.11. The lowest BCUT2D eigenvalue weighted by Gasteiger charge is -2.07. The summed E-state index contributed by atoms with van der Waals surface area (Å²) in [6, 6.07) is 7.99. The van der Waals surface area contributed by atoms with E-state index in [-0.39, 0.29) is 0 Å². The molecule has 0 unspecified atom stereocenters. The van der Waals surface area contributed by atoms with Crippen LogP contribution in [0.4, 0.5) is 5.69 Å². The summed E-state index contributed by atoms with van der Waals surface area (Å²) in [5.41, 5.74) is 7.42. The van der Waals surface area contributed by atoms with Crippen LogP contribution in [0.15, 0.2) is 30.5 Å². The number of benzene rings is 1. The highest BCUT2D eigenvalue weighted by Gasteiger charge is 2.00. The molecule has 16 heavy (non-hydrogen) atoms. The molecule has 2 aromatic rings. The first-order valence-electron chi connectivity index (χ1n) is 5.56. The smallest absolute Gasteiger partial charge is 0.0950 e. The summed E-state index contributed by atoms with van der Waals surface area (Å²) in [7, 11) is 0. The molecule has 0 aliphatic carbocycles. The Bertz CT molecular complexity index is 450. The first-order chi connectivity index (χ1) is 7.92. The Kier molecular flexibility index (Phi) is 3.66. The second-order valence-corrected chi connectivity index (χ2v) is 3.70. The zero-order valence-corrected chi connectivity index (χ0v) is 9.19. The van der Waals surface area contributed by atoms with E-state index in [4.69, 9.17) is 5.73 Å². The average Bonchev–Trinajstić information content (AvgIpc) is 2.35. The van der Waals surface area contributed by atoms with Gasteiger partial charge in [-0.1, -0.05) is 18.2 Å². The minimum Gasteiger partial charge on any atom is -0.383 e. The van der Waals surface area contributed by atoms with Crippen LogP contribution in [0.5, 0.6) is 0 Å². The van der Waals surface area contributed by atoms with Crippen molar-refractivity contribution < 1.29 is 0 Å². The van der Waals surface area contributed by atoms with Gasteiger partial charge in [0.2, 0.25) is 0 Å². The van der Waals surface area contributed by atoms with Crippen molar-refractivity contribution in [2.75, 3.05) is 18.4 Å². The minimum atomic E-state index is 0.747. The van der Waals surface area contributed by atoms with Gasteiger partial charge in [0.15, 0.2) is 0 Å². The Morgan fingerprint density at radius 2 is 2.06 bits per heavy atom. The molecule has 0 radical (unpaired) electrons. The molecule has 0 saturated carbocycles. The third kappa shape index (κ3) is 2.46. The van der Waals surface area contributed by atoms with Gasteiger partial charge in [-0.15, -0.1) is 0 Å². The normalized spacial score (nSPS) is 10.6. The number of anilines is 1. The lowest BCUT2D eigenvalue weighted by Crippen LogP contribution is -2.06. The average molecular weight is 216 g/mol. The highest BCUT2D eigenvalue weighted by molar-refractivity contribution is 5.90. The number of fused-ring (bicyclic) bond motifs is 1. The van der Waals surface area contributed by atoms with Crippen LogP contribution in [0.1, 0.15) is 12.8 Å². The predicted octanol–water partition coefficient (Wildman–Crippen LogP) is 1.78. The SMILES string of the molecule is NCCCCNc1cnnc2ccccc12. The molecule has 3 N–H and O–H groups in total. The Labute approximate surface area is 94.9 Å². The first-order valence-corrected chi connectivity index (χ1v) is 5.56. The summed E-state index contributed by atoms with van der Waals surface area (Å²) in [6.45, 7) is 1.67. The van der Waals surface area contributed by atoms with Crippen LogP contribution in [-0.2, 0) is 0 Å². The second-order valence-electron chi connectivity index (χ2n) is 3.70. The largest absolute Gasteiger partial charge is 0.383 e. The van der Waals surface area contributed by atoms with Crippen molar-refractivity contribution in [1.82, 2.24) is 10.2 Å². The van der Waals surface area contributed by atoms with Crippen molar-refractivity contribution in [2.45, 2.75) is 12.8 Å². The maximum Gasteiger partial charge on any atom is 0.0950 e. The summed E-state index contributed by atoms with van der Waals surface area (Å²) in [4.78, 5) is 0. The van der Waals surface area contributed by atoms with Gasteiger partial charge in [0.05, 0.1) is 17.4 Å². The van der Waals surface area contributed by atoms with E-state index in [0.717, 1.165) is 42.5 Å². The molecule has 1 aromatic carbocycles. The van der Waals surface area contributed by atoms with Gasteiger partial charge in [-0.05, 0) is 25.5 Å². The van der Waals surface area contributed by atoms with Crippen LogP contribution in [0.3, 0.4) is 0 Å². The van der Waals surface area contributed by atoms with Crippen LogP contribution in [0, 0.1) is 0 Å². The van der Waals surface area contributed by atoms with E-state index in [1.807, 2.05) is 18.2 Å². The van der Waals surface area contributed by atoms with Crippen LogP contribution in [0.25, 0.3) is 10.9 Å². The van der Waals surface area contributed by atoms with Crippen LogP contribution in [0.2, 0.25) is 0 Å². The zero-order chi connectivity index (χ0) is 11.2. The van der Waals surface area contributed by atoms with Gasteiger partial charge in [-0.25, -0.2) is 0 Å². The maximum absolute atomic E-state index is 5.45. The molecule has 0 amide bonds. The fourth-order valence-electron chi connectivity index (χ4n) is 1.64. The van der Waals surface area contributed by atoms with Crippen LogP contribution in [-0.4, -0.2) is 23.3 Å². The third-order valence-electron chi connectivity index (χ3n) is 2.49. The molecule has 0 aliphatic rings. The number of nitrogens with one attached hydrogen (secondary N) is 1. The summed E-state index contributed by atoms with van der Waals surface area (Å²) in [5.74, 6) is 0. The number of hydrogen-bond acceptors (Lipinski definition) is 4. The molecule has 0 saturated heterocycles. The van der Waals surface area contributed by atoms with Gasteiger partial charge in [-0.2, -0.15) is 10.2 Å². The zero-order valence-electron chi connectivity index (χ0n) is 9.19. The van der Waals surface area contributed by atoms with Crippen LogP contribution < -0.4 is 11.1 Å². The molecule has 0 bridgehead atoms. The van der Waals surface area contributed by atoms with Gasteiger partial charge >= 0.3 is 0 Å². The first kappa shape index (κ1) is 10.8. The Morgan fingerprint density at radius 3 is 2.94 bits per heavy atom.